The van der Waals surface area contributed by atoms with Gasteiger partial charge in [-0.25, -0.2) is 4.68 Å². The number of ether oxygens (including phenoxy) is 1. The van der Waals surface area contributed by atoms with E-state index in [0.717, 1.165) is 37.0 Å². The van der Waals surface area contributed by atoms with Crippen molar-refractivity contribution in [2.45, 2.75) is 33.2 Å². The van der Waals surface area contributed by atoms with E-state index >= 15 is 0 Å². The van der Waals surface area contributed by atoms with Crippen LogP contribution in [0.2, 0.25) is 0 Å². The molecular weight excluding hydrogens is 248 g/mol. The standard InChI is InChI=1S/C12H20N4OS/c1-4-5-15-11(3)13-16(12(15)18)9-14-6-7-17-10(2)8-14/h4,10H,1,5-9H2,2-3H3. The Bertz CT molecular complexity index is 479. The first kappa shape index (κ1) is 13.5. The summed E-state index contributed by atoms with van der Waals surface area (Å²) in [4.78, 5) is 2.31. The Morgan fingerprint density at radius 1 is 1.61 bits per heavy atom. The largest absolute Gasteiger partial charge is 0.376 e. The van der Waals surface area contributed by atoms with Gasteiger partial charge in [-0.15, -0.1) is 6.58 Å². The Hall–Kier alpha value is -0.980. The van der Waals surface area contributed by atoms with Crippen LogP contribution < -0.4 is 0 Å². The quantitative estimate of drug-likeness (QED) is 0.613. The molecule has 0 spiro atoms. The van der Waals surface area contributed by atoms with Gasteiger partial charge in [0.1, 0.15) is 5.82 Å². The molecule has 0 radical (unpaired) electrons. The predicted octanol–water partition coefficient (Wildman–Crippen LogP) is 1.59. The highest BCUT2D eigenvalue weighted by Gasteiger charge is 2.18. The third-order valence-electron chi connectivity index (χ3n) is 3.08. The summed E-state index contributed by atoms with van der Waals surface area (Å²) in [7, 11) is 0. The Morgan fingerprint density at radius 2 is 2.39 bits per heavy atom. The molecule has 2 rings (SSSR count). The van der Waals surface area contributed by atoms with Crippen LogP contribution in [0.25, 0.3) is 0 Å². The molecule has 0 bridgehead atoms. The molecule has 5 nitrogen and oxygen atoms in total. The van der Waals surface area contributed by atoms with Gasteiger partial charge in [0.05, 0.1) is 19.4 Å². The topological polar surface area (TPSA) is 35.2 Å². The average Bonchev–Trinajstić information content (AvgIpc) is 2.57. The van der Waals surface area contributed by atoms with Crippen LogP contribution >= 0.6 is 12.2 Å². The van der Waals surface area contributed by atoms with Gasteiger partial charge < -0.3 is 9.30 Å². The summed E-state index contributed by atoms with van der Waals surface area (Å²) in [6.07, 6.45) is 2.12. The molecule has 1 aliphatic heterocycles. The molecule has 0 aliphatic carbocycles. The highest BCUT2D eigenvalue weighted by Crippen LogP contribution is 2.07. The van der Waals surface area contributed by atoms with E-state index in [9.17, 15) is 0 Å². The third kappa shape index (κ3) is 2.88. The van der Waals surface area contributed by atoms with Crippen molar-refractivity contribution in [3.05, 3.63) is 23.3 Å². The number of allylic oxidation sites excluding steroid dienone is 1. The summed E-state index contributed by atoms with van der Waals surface area (Å²) in [5, 5.41) is 4.49. The summed E-state index contributed by atoms with van der Waals surface area (Å²) in [5.74, 6) is 0.932. The lowest BCUT2D eigenvalue weighted by Gasteiger charge is -2.30. The molecule has 18 heavy (non-hydrogen) atoms. The van der Waals surface area contributed by atoms with E-state index in [1.165, 1.54) is 0 Å². The monoisotopic (exact) mass is 268 g/mol. The number of aromatic nitrogens is 3. The van der Waals surface area contributed by atoms with Gasteiger partial charge in [-0.1, -0.05) is 6.08 Å². The van der Waals surface area contributed by atoms with Gasteiger partial charge in [0, 0.05) is 19.6 Å². The zero-order valence-corrected chi connectivity index (χ0v) is 11.8. The average molecular weight is 268 g/mol. The van der Waals surface area contributed by atoms with Crippen LogP contribution in [0, 0.1) is 11.7 Å². The van der Waals surface area contributed by atoms with Crippen LogP contribution in [0.3, 0.4) is 0 Å². The molecule has 1 aromatic rings. The van der Waals surface area contributed by atoms with E-state index in [1.807, 2.05) is 22.2 Å². The van der Waals surface area contributed by atoms with Gasteiger partial charge >= 0.3 is 0 Å². The Balaban J connectivity index is 2.12. The van der Waals surface area contributed by atoms with Crippen molar-refractivity contribution < 1.29 is 4.74 Å². The smallest absolute Gasteiger partial charge is 0.199 e. The van der Waals surface area contributed by atoms with Crippen LogP contribution in [0.4, 0.5) is 0 Å². The van der Waals surface area contributed by atoms with Crippen molar-refractivity contribution in [2.75, 3.05) is 19.7 Å². The van der Waals surface area contributed by atoms with Crippen LogP contribution in [-0.4, -0.2) is 45.0 Å². The summed E-state index contributed by atoms with van der Waals surface area (Å²) < 4.78 is 10.2. The molecule has 1 saturated heterocycles. The zero-order valence-electron chi connectivity index (χ0n) is 11.0. The fourth-order valence-electron chi connectivity index (χ4n) is 2.19. The van der Waals surface area contributed by atoms with Crippen molar-refractivity contribution in [3.8, 4) is 0 Å². The normalized spacial score (nSPS) is 21.1. The van der Waals surface area contributed by atoms with Crippen LogP contribution in [0.5, 0.6) is 0 Å². The van der Waals surface area contributed by atoms with Crippen molar-refractivity contribution in [1.82, 2.24) is 19.2 Å². The fraction of sp³-hybridized carbons (Fsp3) is 0.667. The van der Waals surface area contributed by atoms with Gasteiger partial charge in [0.25, 0.3) is 0 Å². The minimum atomic E-state index is 0.282. The second-order valence-corrected chi connectivity index (χ2v) is 4.99. The maximum Gasteiger partial charge on any atom is 0.199 e. The maximum atomic E-state index is 5.53. The van der Waals surface area contributed by atoms with Crippen LogP contribution in [-0.2, 0) is 18.0 Å². The zero-order chi connectivity index (χ0) is 13.1. The van der Waals surface area contributed by atoms with E-state index in [4.69, 9.17) is 17.0 Å². The number of hydrogen-bond acceptors (Lipinski definition) is 4. The van der Waals surface area contributed by atoms with Crippen molar-refractivity contribution in [1.29, 1.82) is 0 Å². The number of morpholine rings is 1. The van der Waals surface area contributed by atoms with Crippen molar-refractivity contribution in [3.63, 3.8) is 0 Å². The summed E-state index contributed by atoms with van der Waals surface area (Å²) >= 11 is 5.43. The third-order valence-corrected chi connectivity index (χ3v) is 3.51. The van der Waals surface area contributed by atoms with E-state index in [-0.39, 0.29) is 6.10 Å². The fourth-order valence-corrected chi connectivity index (χ4v) is 2.49. The number of rotatable bonds is 4. The Kier molecular flexibility index (Phi) is 4.31. The van der Waals surface area contributed by atoms with Gasteiger partial charge in [0.2, 0.25) is 0 Å². The van der Waals surface area contributed by atoms with Crippen molar-refractivity contribution in [2.24, 2.45) is 0 Å². The number of nitrogens with zero attached hydrogens (tertiary/aromatic N) is 4. The minimum absolute atomic E-state index is 0.282. The molecule has 0 saturated carbocycles. The number of hydrogen-bond donors (Lipinski definition) is 0. The molecule has 2 heterocycles. The number of aryl methyl sites for hydroxylation is 1. The second-order valence-electron chi connectivity index (χ2n) is 4.63. The van der Waals surface area contributed by atoms with Crippen molar-refractivity contribution >= 4 is 12.2 Å². The SMILES string of the molecule is C=CCn1c(C)nn(CN2CCOC(C)C2)c1=S. The first-order chi connectivity index (χ1) is 8.61. The van der Waals surface area contributed by atoms with Crippen LogP contribution in [0.1, 0.15) is 12.7 Å². The summed E-state index contributed by atoms with van der Waals surface area (Å²) in [6.45, 7) is 11.9. The molecule has 6 heteroatoms. The molecule has 1 aliphatic rings. The van der Waals surface area contributed by atoms with E-state index in [2.05, 4.69) is 23.5 Å². The molecular formula is C12H20N4OS. The Morgan fingerprint density at radius 3 is 3.06 bits per heavy atom. The molecule has 1 aromatic heterocycles. The molecule has 0 aromatic carbocycles. The molecule has 1 atom stereocenters. The summed E-state index contributed by atoms with van der Waals surface area (Å²) in [6, 6.07) is 0. The molecule has 0 N–H and O–H groups in total. The molecule has 0 amide bonds. The van der Waals surface area contributed by atoms with E-state index in [0.29, 0.717) is 6.54 Å². The second kappa shape index (κ2) is 5.77. The first-order valence-corrected chi connectivity index (χ1v) is 6.61. The van der Waals surface area contributed by atoms with Gasteiger partial charge in [-0.05, 0) is 26.1 Å². The van der Waals surface area contributed by atoms with Gasteiger partial charge in [-0.3, -0.25) is 4.90 Å². The molecule has 100 valence electrons. The van der Waals surface area contributed by atoms with Crippen LogP contribution in [0.15, 0.2) is 12.7 Å². The lowest BCUT2D eigenvalue weighted by Crippen LogP contribution is -2.42. The lowest BCUT2D eigenvalue weighted by atomic mass is 10.3. The predicted molar refractivity (Wildman–Crippen MR) is 73.0 cm³/mol. The van der Waals surface area contributed by atoms with Gasteiger partial charge in [0.15, 0.2) is 4.77 Å². The Labute approximate surface area is 113 Å². The van der Waals surface area contributed by atoms with E-state index in [1.54, 1.807) is 0 Å². The summed E-state index contributed by atoms with van der Waals surface area (Å²) in [5.41, 5.74) is 0. The highest BCUT2D eigenvalue weighted by atomic mass is 32.1. The maximum absolute atomic E-state index is 5.53. The lowest BCUT2D eigenvalue weighted by molar-refractivity contribution is -0.0307. The minimum Gasteiger partial charge on any atom is -0.376 e. The molecule has 1 unspecified atom stereocenters. The highest BCUT2D eigenvalue weighted by molar-refractivity contribution is 7.71. The molecule has 1 fully saturated rings. The first-order valence-electron chi connectivity index (χ1n) is 6.21. The van der Waals surface area contributed by atoms with Gasteiger partial charge in [-0.2, -0.15) is 5.10 Å². The van der Waals surface area contributed by atoms with E-state index < -0.39 is 0 Å².